The van der Waals surface area contributed by atoms with Crippen molar-refractivity contribution in [2.24, 2.45) is 4.99 Å². The largest absolute Gasteiger partial charge is 0.507 e. The Kier molecular flexibility index (Phi) is 7.55. The molecule has 1 aliphatic rings. The molecular weight excluding hydrogens is 595 g/mol. The number of aromatic nitrogens is 1. The summed E-state index contributed by atoms with van der Waals surface area (Å²) in [6, 6.07) is 9.29. The highest BCUT2D eigenvalue weighted by molar-refractivity contribution is 14.1. The monoisotopic (exact) mass is 620 g/mol. The van der Waals surface area contributed by atoms with Crippen molar-refractivity contribution in [2.75, 3.05) is 6.61 Å². The molecule has 36 heavy (non-hydrogen) atoms. The van der Waals surface area contributed by atoms with Gasteiger partial charge in [-0.1, -0.05) is 29.5 Å². The average molecular weight is 620 g/mol. The Hall–Kier alpha value is -3.12. The van der Waals surface area contributed by atoms with Gasteiger partial charge in [-0.25, -0.2) is 9.79 Å². The molecule has 0 saturated carbocycles. The maximum absolute atomic E-state index is 13.8. The molecule has 0 radical (unpaired) electrons. The minimum atomic E-state index is -0.814. The van der Waals surface area contributed by atoms with Crippen molar-refractivity contribution in [1.29, 1.82) is 0 Å². The first-order chi connectivity index (χ1) is 17.1. The van der Waals surface area contributed by atoms with Gasteiger partial charge in [0.25, 0.3) is 5.56 Å². The topological polar surface area (TPSA) is 110 Å². The first-order valence-electron chi connectivity index (χ1n) is 11.3. The fourth-order valence-corrected chi connectivity index (χ4v) is 5.51. The third-order valence-electron chi connectivity index (χ3n) is 5.48. The second-order valence-electron chi connectivity index (χ2n) is 8.37. The van der Waals surface area contributed by atoms with Crippen molar-refractivity contribution < 1.29 is 24.5 Å². The van der Waals surface area contributed by atoms with E-state index in [-0.39, 0.29) is 35.3 Å². The number of hydrogen-bond donors (Lipinski definition) is 2. The summed E-state index contributed by atoms with van der Waals surface area (Å²) in [4.78, 5) is 31.8. The van der Waals surface area contributed by atoms with Crippen molar-refractivity contribution in [2.45, 2.75) is 39.8 Å². The number of hydrogen-bond acceptors (Lipinski definition) is 8. The molecule has 2 aromatic carbocycles. The van der Waals surface area contributed by atoms with Gasteiger partial charge in [0.05, 0.1) is 32.1 Å². The Labute approximate surface area is 225 Å². The zero-order valence-electron chi connectivity index (χ0n) is 20.1. The van der Waals surface area contributed by atoms with E-state index in [4.69, 9.17) is 9.47 Å². The van der Waals surface area contributed by atoms with Crippen molar-refractivity contribution >= 4 is 46.0 Å². The lowest BCUT2D eigenvalue weighted by molar-refractivity contribution is -0.139. The van der Waals surface area contributed by atoms with Gasteiger partial charge < -0.3 is 19.7 Å². The summed E-state index contributed by atoms with van der Waals surface area (Å²) in [7, 11) is 0. The van der Waals surface area contributed by atoms with E-state index >= 15 is 0 Å². The van der Waals surface area contributed by atoms with Crippen LogP contribution in [0.25, 0.3) is 6.08 Å². The molecule has 1 atom stereocenters. The normalized spacial score (nSPS) is 15.6. The summed E-state index contributed by atoms with van der Waals surface area (Å²) in [5, 5.41) is 20.2. The number of allylic oxidation sites excluding steroid dienone is 1. The van der Waals surface area contributed by atoms with Crippen molar-refractivity contribution in [3.63, 3.8) is 0 Å². The van der Waals surface area contributed by atoms with E-state index in [0.717, 1.165) is 11.3 Å². The molecular formula is C26H25IN2O6S. The summed E-state index contributed by atoms with van der Waals surface area (Å²) >= 11 is 3.10. The molecule has 2 N–H and O–H groups in total. The molecule has 188 valence electrons. The van der Waals surface area contributed by atoms with Crippen LogP contribution in [0.5, 0.6) is 17.2 Å². The van der Waals surface area contributed by atoms with Gasteiger partial charge in [0, 0.05) is 17.2 Å². The maximum atomic E-state index is 13.8. The molecule has 3 aromatic rings. The minimum Gasteiger partial charge on any atom is -0.507 e. The number of esters is 1. The highest BCUT2D eigenvalue weighted by Gasteiger charge is 2.35. The first-order valence-corrected chi connectivity index (χ1v) is 13.2. The van der Waals surface area contributed by atoms with Crippen LogP contribution in [-0.4, -0.2) is 33.5 Å². The molecule has 8 nitrogen and oxygen atoms in total. The van der Waals surface area contributed by atoms with Crippen LogP contribution in [0.15, 0.2) is 57.5 Å². The number of para-hydroxylation sites is 1. The van der Waals surface area contributed by atoms with Crippen LogP contribution in [0, 0.1) is 3.57 Å². The van der Waals surface area contributed by atoms with Gasteiger partial charge in [-0.3, -0.25) is 9.36 Å². The number of thiazole rings is 1. The van der Waals surface area contributed by atoms with Gasteiger partial charge in [-0.15, -0.1) is 0 Å². The molecule has 0 unspecified atom stereocenters. The number of rotatable bonds is 6. The molecule has 0 amide bonds. The second-order valence-corrected chi connectivity index (χ2v) is 10.5. The number of ether oxygens (including phenoxy) is 2. The van der Waals surface area contributed by atoms with Gasteiger partial charge in [0.1, 0.15) is 23.3 Å². The Morgan fingerprint density at radius 1 is 1.25 bits per heavy atom. The standard InChI is InChI=1S/C26H25IN2O6S/c1-5-34-25(33)22-14(4)28-26-29(23(22)16-8-6-7-9-20(16)35-13(2)3)24(32)21(36-26)11-15-10-17(27)19(31)12-18(15)30/h6-13,23,30-31H,5H2,1-4H3/b21-11+/t23-/m0/s1. The molecule has 0 saturated heterocycles. The van der Waals surface area contributed by atoms with E-state index in [0.29, 0.717) is 35.5 Å². The summed E-state index contributed by atoms with van der Waals surface area (Å²) in [5.41, 5.74) is 1.35. The quantitative estimate of drug-likeness (QED) is 0.322. The van der Waals surface area contributed by atoms with Gasteiger partial charge in [-0.2, -0.15) is 0 Å². The third-order valence-corrected chi connectivity index (χ3v) is 7.32. The van der Waals surface area contributed by atoms with E-state index < -0.39 is 12.0 Å². The van der Waals surface area contributed by atoms with E-state index in [2.05, 4.69) is 4.99 Å². The smallest absolute Gasteiger partial charge is 0.338 e. The molecule has 1 aromatic heterocycles. The second kappa shape index (κ2) is 10.5. The number of benzene rings is 2. The SMILES string of the molecule is CCOC(=O)C1=C(C)N=c2s/c(=C/c3cc(I)c(O)cc3O)c(=O)n2[C@H]1c1ccccc1OC(C)C. The predicted molar refractivity (Wildman–Crippen MR) is 145 cm³/mol. The van der Waals surface area contributed by atoms with Crippen LogP contribution in [0.4, 0.5) is 0 Å². The summed E-state index contributed by atoms with van der Waals surface area (Å²) < 4.78 is 13.7. The number of aromatic hydroxyl groups is 2. The lowest BCUT2D eigenvalue weighted by atomic mass is 9.95. The van der Waals surface area contributed by atoms with Crippen LogP contribution in [0.3, 0.4) is 0 Å². The predicted octanol–water partition coefficient (Wildman–Crippen LogP) is 3.60. The van der Waals surface area contributed by atoms with Gasteiger partial charge in [0.15, 0.2) is 4.80 Å². The van der Waals surface area contributed by atoms with Crippen molar-refractivity contribution in [3.8, 4) is 17.2 Å². The van der Waals surface area contributed by atoms with Crippen LogP contribution in [0.2, 0.25) is 0 Å². The Balaban J connectivity index is 2.00. The summed E-state index contributed by atoms with van der Waals surface area (Å²) in [6.07, 6.45) is 1.43. The van der Waals surface area contributed by atoms with Gasteiger partial charge in [0.2, 0.25) is 0 Å². The minimum absolute atomic E-state index is 0.0526. The van der Waals surface area contributed by atoms with Crippen LogP contribution < -0.4 is 19.6 Å². The van der Waals surface area contributed by atoms with Crippen LogP contribution in [-0.2, 0) is 9.53 Å². The molecule has 2 heterocycles. The van der Waals surface area contributed by atoms with E-state index in [1.54, 1.807) is 32.1 Å². The van der Waals surface area contributed by atoms with Crippen molar-refractivity contribution in [1.82, 2.24) is 4.57 Å². The first kappa shape index (κ1) is 26.0. The Morgan fingerprint density at radius 3 is 2.67 bits per heavy atom. The number of phenols is 2. The van der Waals surface area contributed by atoms with E-state index in [1.165, 1.54) is 10.6 Å². The number of carbonyl (C=O) groups excluding carboxylic acids is 1. The number of halogens is 1. The summed E-state index contributed by atoms with van der Waals surface area (Å²) in [6.45, 7) is 7.42. The van der Waals surface area contributed by atoms with Crippen molar-refractivity contribution in [3.05, 3.63) is 82.1 Å². The van der Waals surface area contributed by atoms with E-state index in [1.807, 2.05) is 54.6 Å². The highest BCUT2D eigenvalue weighted by Crippen LogP contribution is 2.36. The molecule has 0 fully saturated rings. The average Bonchev–Trinajstić information content (AvgIpc) is 3.11. The Bertz CT molecular complexity index is 1550. The third kappa shape index (κ3) is 4.92. The lowest BCUT2D eigenvalue weighted by Crippen LogP contribution is -2.40. The zero-order valence-corrected chi connectivity index (χ0v) is 23.1. The van der Waals surface area contributed by atoms with Gasteiger partial charge >= 0.3 is 5.97 Å². The molecule has 0 bridgehead atoms. The van der Waals surface area contributed by atoms with E-state index in [9.17, 15) is 19.8 Å². The number of carbonyl (C=O) groups is 1. The Morgan fingerprint density at radius 2 is 1.97 bits per heavy atom. The fourth-order valence-electron chi connectivity index (χ4n) is 3.98. The van der Waals surface area contributed by atoms with Crippen LogP contribution >= 0.6 is 33.9 Å². The highest BCUT2D eigenvalue weighted by atomic mass is 127. The number of nitrogens with zero attached hydrogens (tertiary/aromatic N) is 2. The van der Waals surface area contributed by atoms with Crippen LogP contribution in [0.1, 0.15) is 44.9 Å². The lowest BCUT2D eigenvalue weighted by Gasteiger charge is -2.26. The number of fused-ring (bicyclic) bond motifs is 1. The summed E-state index contributed by atoms with van der Waals surface area (Å²) in [5.74, 6) is -0.213. The maximum Gasteiger partial charge on any atom is 0.338 e. The molecule has 0 aliphatic carbocycles. The van der Waals surface area contributed by atoms with Gasteiger partial charge in [-0.05, 0) is 68.5 Å². The molecule has 10 heteroatoms. The molecule has 0 spiro atoms. The molecule has 1 aliphatic heterocycles. The zero-order chi connectivity index (χ0) is 26.1. The fraction of sp³-hybridized carbons (Fsp3) is 0.269. The molecule has 4 rings (SSSR count). The number of phenolic OH excluding ortho intramolecular Hbond substituents is 2.